The van der Waals surface area contributed by atoms with E-state index in [1.54, 1.807) is 18.2 Å². The van der Waals surface area contributed by atoms with E-state index in [1.165, 1.54) is 16.7 Å². The van der Waals surface area contributed by atoms with Crippen molar-refractivity contribution in [3.8, 4) is 0 Å². The fraction of sp³-hybridized carbons (Fsp3) is 0.231. The quantitative estimate of drug-likeness (QED) is 0.875. The number of carboxylic acid groups (broad SMARTS) is 1. The normalized spacial score (nSPS) is 15.6. The van der Waals surface area contributed by atoms with Gasteiger partial charge in [0, 0.05) is 19.3 Å². The molecule has 1 aliphatic heterocycles. The zero-order valence-electron chi connectivity index (χ0n) is 11.0. The Morgan fingerprint density at radius 1 is 1.38 bits per heavy atom. The standard InChI is InChI=1S/C13H13N3O4S/c17-13(18)12-3-1-2-9-8-16(5-4-11(9)12)21(19,20)10-6-14-15-7-10/h1-3,6-7H,4-5,8H2,(H,14,15)(H,17,18). The molecular formula is C13H13N3O4S. The molecule has 1 aromatic carbocycles. The fourth-order valence-corrected chi connectivity index (χ4v) is 3.84. The molecule has 1 aromatic heterocycles. The van der Waals surface area contributed by atoms with Crippen LogP contribution in [0.1, 0.15) is 21.5 Å². The summed E-state index contributed by atoms with van der Waals surface area (Å²) in [7, 11) is -3.60. The van der Waals surface area contributed by atoms with Gasteiger partial charge in [-0.1, -0.05) is 12.1 Å². The number of aromatic carboxylic acids is 1. The molecule has 2 N–H and O–H groups in total. The maximum atomic E-state index is 12.4. The Balaban J connectivity index is 1.96. The molecule has 0 amide bonds. The van der Waals surface area contributed by atoms with Crippen LogP contribution in [0.25, 0.3) is 0 Å². The van der Waals surface area contributed by atoms with Crippen LogP contribution in [0, 0.1) is 0 Å². The molecular weight excluding hydrogens is 294 g/mol. The largest absolute Gasteiger partial charge is 0.478 e. The number of H-pyrrole nitrogens is 1. The van der Waals surface area contributed by atoms with Gasteiger partial charge in [-0.05, 0) is 23.6 Å². The van der Waals surface area contributed by atoms with Gasteiger partial charge in [-0.15, -0.1) is 0 Å². The maximum Gasteiger partial charge on any atom is 0.335 e. The number of nitrogens with zero attached hydrogens (tertiary/aromatic N) is 2. The SMILES string of the molecule is O=C(O)c1cccc2c1CCN(S(=O)(=O)c1cn[nH]c1)C2. The van der Waals surface area contributed by atoms with Crippen molar-refractivity contribution >= 4 is 16.0 Å². The van der Waals surface area contributed by atoms with Gasteiger partial charge in [-0.3, -0.25) is 5.10 Å². The van der Waals surface area contributed by atoms with E-state index < -0.39 is 16.0 Å². The summed E-state index contributed by atoms with van der Waals surface area (Å²) in [4.78, 5) is 11.3. The zero-order chi connectivity index (χ0) is 15.0. The van der Waals surface area contributed by atoms with E-state index in [4.69, 9.17) is 0 Å². The van der Waals surface area contributed by atoms with E-state index in [9.17, 15) is 18.3 Å². The number of aromatic amines is 1. The number of hydrogen-bond acceptors (Lipinski definition) is 4. The van der Waals surface area contributed by atoms with Gasteiger partial charge in [0.15, 0.2) is 0 Å². The number of benzene rings is 1. The Hall–Kier alpha value is -2.19. The molecule has 1 aliphatic rings. The van der Waals surface area contributed by atoms with Crippen molar-refractivity contribution in [2.75, 3.05) is 6.54 Å². The Bertz CT molecular complexity index is 784. The number of rotatable bonds is 3. The van der Waals surface area contributed by atoms with Crippen molar-refractivity contribution in [1.82, 2.24) is 14.5 Å². The van der Waals surface area contributed by atoms with Gasteiger partial charge in [0.1, 0.15) is 4.90 Å². The molecule has 3 rings (SSSR count). The number of carbonyl (C=O) groups is 1. The lowest BCUT2D eigenvalue weighted by atomic mass is 9.95. The van der Waals surface area contributed by atoms with E-state index in [0.717, 1.165) is 5.56 Å². The molecule has 0 radical (unpaired) electrons. The van der Waals surface area contributed by atoms with E-state index >= 15 is 0 Å². The molecule has 8 heteroatoms. The van der Waals surface area contributed by atoms with Gasteiger partial charge < -0.3 is 5.11 Å². The minimum absolute atomic E-state index is 0.111. The summed E-state index contributed by atoms with van der Waals surface area (Å²) in [6.45, 7) is 0.425. The molecule has 0 atom stereocenters. The van der Waals surface area contributed by atoms with Crippen molar-refractivity contribution in [3.05, 3.63) is 47.3 Å². The van der Waals surface area contributed by atoms with Crippen LogP contribution < -0.4 is 0 Å². The number of nitrogens with one attached hydrogen (secondary N) is 1. The van der Waals surface area contributed by atoms with Crippen LogP contribution in [0.4, 0.5) is 0 Å². The Morgan fingerprint density at radius 3 is 2.86 bits per heavy atom. The first-order valence-electron chi connectivity index (χ1n) is 6.33. The second kappa shape index (κ2) is 4.97. The number of hydrogen-bond donors (Lipinski definition) is 2. The van der Waals surface area contributed by atoms with Crippen LogP contribution in [0.15, 0.2) is 35.5 Å². The molecule has 0 spiro atoms. The molecule has 0 aliphatic carbocycles. The summed E-state index contributed by atoms with van der Waals surface area (Å²) in [5, 5.41) is 15.3. The number of carboxylic acids is 1. The van der Waals surface area contributed by atoms with Crippen molar-refractivity contribution < 1.29 is 18.3 Å². The van der Waals surface area contributed by atoms with Gasteiger partial charge in [0.25, 0.3) is 0 Å². The fourth-order valence-electron chi connectivity index (χ4n) is 2.52. The van der Waals surface area contributed by atoms with Crippen LogP contribution in [0.3, 0.4) is 0 Å². The van der Waals surface area contributed by atoms with Crippen LogP contribution >= 0.6 is 0 Å². The molecule has 2 aromatic rings. The average molecular weight is 307 g/mol. The number of aromatic nitrogens is 2. The first-order valence-corrected chi connectivity index (χ1v) is 7.77. The highest BCUT2D eigenvalue weighted by Crippen LogP contribution is 2.26. The third kappa shape index (κ3) is 2.32. The molecule has 7 nitrogen and oxygen atoms in total. The summed E-state index contributed by atoms with van der Waals surface area (Å²) in [5.41, 5.74) is 1.68. The smallest absolute Gasteiger partial charge is 0.335 e. The topological polar surface area (TPSA) is 103 Å². The molecule has 0 saturated carbocycles. The van der Waals surface area contributed by atoms with Crippen molar-refractivity contribution in [1.29, 1.82) is 0 Å². The summed E-state index contributed by atoms with van der Waals surface area (Å²) >= 11 is 0. The van der Waals surface area contributed by atoms with Crippen molar-refractivity contribution in [2.24, 2.45) is 0 Å². The lowest BCUT2D eigenvalue weighted by molar-refractivity contribution is 0.0695. The minimum Gasteiger partial charge on any atom is -0.478 e. The van der Waals surface area contributed by atoms with Gasteiger partial charge in [-0.25, -0.2) is 13.2 Å². The third-order valence-corrected chi connectivity index (χ3v) is 5.38. The first-order chi connectivity index (χ1) is 10.00. The van der Waals surface area contributed by atoms with Crippen LogP contribution in [0.5, 0.6) is 0 Å². The Morgan fingerprint density at radius 2 is 2.19 bits per heavy atom. The highest BCUT2D eigenvalue weighted by molar-refractivity contribution is 7.89. The van der Waals surface area contributed by atoms with Crippen molar-refractivity contribution in [3.63, 3.8) is 0 Å². The molecule has 0 bridgehead atoms. The van der Waals surface area contributed by atoms with Gasteiger partial charge in [0.2, 0.25) is 10.0 Å². The van der Waals surface area contributed by atoms with E-state index in [-0.39, 0.29) is 23.5 Å². The van der Waals surface area contributed by atoms with E-state index in [2.05, 4.69) is 10.2 Å². The molecule has 110 valence electrons. The second-order valence-corrected chi connectivity index (χ2v) is 6.71. The summed E-state index contributed by atoms with van der Waals surface area (Å²) < 4.78 is 26.2. The van der Waals surface area contributed by atoms with E-state index in [1.807, 2.05) is 0 Å². The third-order valence-electron chi connectivity index (χ3n) is 3.57. The zero-order valence-corrected chi connectivity index (χ0v) is 11.8. The van der Waals surface area contributed by atoms with Crippen LogP contribution in [-0.4, -0.2) is 40.5 Å². The Kier molecular flexibility index (Phi) is 3.26. The first kappa shape index (κ1) is 13.8. The lowest BCUT2D eigenvalue weighted by Crippen LogP contribution is -2.36. The average Bonchev–Trinajstić information content (AvgIpc) is 3.00. The van der Waals surface area contributed by atoms with Gasteiger partial charge in [-0.2, -0.15) is 9.40 Å². The molecule has 21 heavy (non-hydrogen) atoms. The predicted octanol–water partition coefficient (Wildman–Crippen LogP) is 0.855. The summed E-state index contributed by atoms with van der Waals surface area (Å²) in [6, 6.07) is 4.94. The van der Waals surface area contributed by atoms with E-state index in [0.29, 0.717) is 12.0 Å². The summed E-state index contributed by atoms with van der Waals surface area (Å²) in [5.74, 6) is -0.988. The minimum atomic E-state index is -3.60. The molecule has 2 heterocycles. The highest BCUT2D eigenvalue weighted by atomic mass is 32.2. The monoisotopic (exact) mass is 307 g/mol. The maximum absolute atomic E-state index is 12.4. The summed E-state index contributed by atoms with van der Waals surface area (Å²) in [6.07, 6.45) is 2.98. The second-order valence-electron chi connectivity index (χ2n) is 4.77. The van der Waals surface area contributed by atoms with Gasteiger partial charge >= 0.3 is 5.97 Å². The molecule has 0 saturated heterocycles. The number of fused-ring (bicyclic) bond motifs is 1. The van der Waals surface area contributed by atoms with Gasteiger partial charge in [0.05, 0.1) is 11.8 Å². The Labute approximate surface area is 121 Å². The molecule has 0 unspecified atom stereocenters. The lowest BCUT2D eigenvalue weighted by Gasteiger charge is -2.28. The highest BCUT2D eigenvalue weighted by Gasteiger charge is 2.30. The molecule has 0 fully saturated rings. The van der Waals surface area contributed by atoms with Crippen molar-refractivity contribution in [2.45, 2.75) is 17.9 Å². The van der Waals surface area contributed by atoms with Crippen LogP contribution in [-0.2, 0) is 23.0 Å². The predicted molar refractivity (Wildman–Crippen MR) is 73.3 cm³/mol. The number of sulfonamides is 1. The van der Waals surface area contributed by atoms with Crippen LogP contribution in [0.2, 0.25) is 0 Å².